The average Bonchev–Trinajstić information content (AvgIpc) is 3.17. The number of nitrogens with zero attached hydrogens (tertiary/aromatic N) is 2. The highest BCUT2D eigenvalue weighted by Crippen LogP contribution is 2.52. The molecule has 1 atom stereocenters. The number of aromatic nitrogens is 2. The number of aryl methyl sites for hydroxylation is 1. The van der Waals surface area contributed by atoms with Crippen molar-refractivity contribution in [3.63, 3.8) is 0 Å². The van der Waals surface area contributed by atoms with Crippen molar-refractivity contribution in [1.82, 2.24) is 15.5 Å². The lowest BCUT2D eigenvalue weighted by Crippen LogP contribution is -2.46. The SMILES string of the molecule is O=C(N[C@H]1CCCc2cn[nH]c21)N1CC2(CCC2)c2ccccc21. The summed E-state index contributed by atoms with van der Waals surface area (Å²) in [6.07, 6.45) is 8.67. The zero-order valence-electron chi connectivity index (χ0n) is 13.7. The molecule has 0 radical (unpaired) electrons. The molecule has 2 aliphatic carbocycles. The Morgan fingerprint density at radius 1 is 1.29 bits per heavy atom. The largest absolute Gasteiger partial charge is 0.329 e. The third kappa shape index (κ3) is 1.93. The van der Waals surface area contributed by atoms with E-state index in [0.717, 1.165) is 37.2 Å². The van der Waals surface area contributed by atoms with E-state index in [4.69, 9.17) is 0 Å². The Hall–Kier alpha value is -2.30. The van der Waals surface area contributed by atoms with Crippen LogP contribution >= 0.6 is 0 Å². The number of nitrogens with one attached hydrogen (secondary N) is 2. The zero-order chi connectivity index (χ0) is 16.1. The van der Waals surface area contributed by atoms with E-state index in [2.05, 4.69) is 33.7 Å². The average molecular weight is 322 g/mol. The molecule has 5 nitrogen and oxygen atoms in total. The van der Waals surface area contributed by atoms with Crippen molar-refractivity contribution >= 4 is 11.7 Å². The summed E-state index contributed by atoms with van der Waals surface area (Å²) < 4.78 is 0. The second-order valence-electron chi connectivity index (χ2n) is 7.44. The fourth-order valence-electron chi connectivity index (χ4n) is 4.68. The Kier molecular flexibility index (Phi) is 2.99. The van der Waals surface area contributed by atoms with Crippen molar-refractivity contribution < 1.29 is 4.79 Å². The maximum absolute atomic E-state index is 13.0. The molecule has 1 aliphatic heterocycles. The Balaban J connectivity index is 1.41. The summed E-state index contributed by atoms with van der Waals surface area (Å²) in [6, 6.07) is 8.50. The lowest BCUT2D eigenvalue weighted by molar-refractivity contribution is 0.231. The van der Waals surface area contributed by atoms with E-state index in [1.807, 2.05) is 17.2 Å². The van der Waals surface area contributed by atoms with Crippen LogP contribution in [0.5, 0.6) is 0 Å². The van der Waals surface area contributed by atoms with Crippen LogP contribution in [0, 0.1) is 0 Å². The van der Waals surface area contributed by atoms with E-state index in [9.17, 15) is 4.79 Å². The number of carbonyl (C=O) groups is 1. The van der Waals surface area contributed by atoms with Crippen LogP contribution in [-0.2, 0) is 11.8 Å². The first-order valence-electron chi connectivity index (χ1n) is 8.97. The Bertz CT molecular complexity index is 792. The van der Waals surface area contributed by atoms with Gasteiger partial charge in [-0.05, 0) is 49.3 Å². The van der Waals surface area contributed by atoms with E-state index in [1.54, 1.807) is 0 Å². The van der Waals surface area contributed by atoms with E-state index in [0.29, 0.717) is 0 Å². The van der Waals surface area contributed by atoms with Crippen LogP contribution in [0.25, 0.3) is 0 Å². The van der Waals surface area contributed by atoms with Gasteiger partial charge in [-0.3, -0.25) is 10.00 Å². The summed E-state index contributed by atoms with van der Waals surface area (Å²) in [4.78, 5) is 15.0. The number of aromatic amines is 1. The molecule has 0 unspecified atom stereocenters. The quantitative estimate of drug-likeness (QED) is 0.845. The molecule has 1 aromatic heterocycles. The monoisotopic (exact) mass is 322 g/mol. The zero-order valence-corrected chi connectivity index (χ0v) is 13.7. The maximum Gasteiger partial charge on any atom is 0.322 e. The minimum Gasteiger partial charge on any atom is -0.329 e. The molecule has 0 bridgehead atoms. The molecule has 1 fully saturated rings. The van der Waals surface area contributed by atoms with E-state index in [1.165, 1.54) is 30.4 Å². The van der Waals surface area contributed by atoms with E-state index >= 15 is 0 Å². The van der Waals surface area contributed by atoms with Crippen LogP contribution in [0.3, 0.4) is 0 Å². The number of fused-ring (bicyclic) bond motifs is 3. The minimum atomic E-state index is 0.0266. The molecule has 0 saturated heterocycles. The first-order chi connectivity index (χ1) is 11.8. The number of amides is 2. The standard InChI is InChI=1S/C19H22N4O/c24-18(21-15-7-3-5-13-11-20-22-17(13)15)23-12-19(9-4-10-19)14-6-1-2-8-16(14)23/h1-2,6,8,11,15H,3-5,7,9-10,12H2,(H,20,22)(H,21,24)/t15-/m0/s1. The van der Waals surface area contributed by atoms with Gasteiger partial charge >= 0.3 is 6.03 Å². The predicted octanol–water partition coefficient (Wildman–Crippen LogP) is 3.44. The molecule has 1 saturated carbocycles. The third-order valence-electron chi connectivity index (χ3n) is 6.12. The number of carbonyl (C=O) groups excluding carboxylic acids is 1. The van der Waals surface area contributed by atoms with Gasteiger partial charge in [-0.1, -0.05) is 24.6 Å². The second-order valence-corrected chi connectivity index (χ2v) is 7.44. The summed E-state index contributed by atoms with van der Waals surface area (Å²) in [5, 5.41) is 10.5. The summed E-state index contributed by atoms with van der Waals surface area (Å²) in [5.41, 5.74) is 4.98. The highest BCUT2D eigenvalue weighted by molar-refractivity contribution is 5.95. The molecule has 1 spiro atoms. The van der Waals surface area contributed by atoms with Crippen molar-refractivity contribution in [3.8, 4) is 0 Å². The fraction of sp³-hybridized carbons (Fsp3) is 0.474. The summed E-state index contributed by atoms with van der Waals surface area (Å²) in [7, 11) is 0. The second kappa shape index (κ2) is 5.10. The number of anilines is 1. The van der Waals surface area contributed by atoms with Crippen molar-refractivity contribution in [2.24, 2.45) is 0 Å². The fourth-order valence-corrected chi connectivity index (χ4v) is 4.68. The Labute approximate surface area is 141 Å². The van der Waals surface area contributed by atoms with Crippen LogP contribution in [0.1, 0.15) is 55.0 Å². The van der Waals surface area contributed by atoms with E-state index in [-0.39, 0.29) is 17.5 Å². The van der Waals surface area contributed by atoms with Crippen molar-refractivity contribution in [2.75, 3.05) is 11.4 Å². The first-order valence-corrected chi connectivity index (χ1v) is 8.97. The smallest absolute Gasteiger partial charge is 0.322 e. The molecule has 2 heterocycles. The number of benzene rings is 1. The van der Waals surface area contributed by atoms with Gasteiger partial charge in [0.05, 0.1) is 17.9 Å². The molecule has 3 aliphatic rings. The van der Waals surface area contributed by atoms with Crippen LogP contribution in [0.4, 0.5) is 10.5 Å². The Morgan fingerprint density at radius 2 is 2.17 bits per heavy atom. The number of urea groups is 1. The van der Waals surface area contributed by atoms with Crippen molar-refractivity contribution in [2.45, 2.75) is 50.0 Å². The van der Waals surface area contributed by atoms with Gasteiger partial charge in [0.2, 0.25) is 0 Å². The van der Waals surface area contributed by atoms with Crippen molar-refractivity contribution in [3.05, 3.63) is 47.3 Å². The minimum absolute atomic E-state index is 0.0266. The van der Waals surface area contributed by atoms with Crippen molar-refractivity contribution in [1.29, 1.82) is 0 Å². The molecule has 5 rings (SSSR count). The lowest BCUT2D eigenvalue weighted by atomic mass is 9.66. The first kappa shape index (κ1) is 14.1. The molecule has 1 aromatic carbocycles. The topological polar surface area (TPSA) is 61.0 Å². The third-order valence-corrected chi connectivity index (χ3v) is 6.12. The number of hydrogen-bond donors (Lipinski definition) is 2. The van der Waals surface area contributed by atoms with Gasteiger partial charge in [0.1, 0.15) is 0 Å². The van der Waals surface area contributed by atoms with Gasteiger partial charge in [-0.25, -0.2) is 4.79 Å². The van der Waals surface area contributed by atoms with Gasteiger partial charge in [0.15, 0.2) is 0 Å². The molecule has 124 valence electrons. The van der Waals surface area contributed by atoms with Crippen LogP contribution < -0.4 is 10.2 Å². The highest BCUT2D eigenvalue weighted by atomic mass is 16.2. The van der Waals surface area contributed by atoms with Crippen LogP contribution in [0.15, 0.2) is 30.5 Å². The number of rotatable bonds is 1. The Morgan fingerprint density at radius 3 is 3.00 bits per heavy atom. The van der Waals surface area contributed by atoms with Gasteiger partial charge in [-0.15, -0.1) is 0 Å². The lowest BCUT2D eigenvalue weighted by Gasteiger charge is -2.39. The van der Waals surface area contributed by atoms with Crippen LogP contribution in [-0.4, -0.2) is 22.8 Å². The van der Waals surface area contributed by atoms with E-state index < -0.39 is 0 Å². The molecular weight excluding hydrogens is 300 g/mol. The maximum atomic E-state index is 13.0. The molecule has 2 N–H and O–H groups in total. The van der Waals surface area contributed by atoms with Gasteiger partial charge in [0, 0.05) is 17.6 Å². The van der Waals surface area contributed by atoms with Gasteiger partial charge in [-0.2, -0.15) is 5.10 Å². The number of hydrogen-bond acceptors (Lipinski definition) is 2. The summed E-state index contributed by atoms with van der Waals surface area (Å²) >= 11 is 0. The molecule has 5 heteroatoms. The molecule has 24 heavy (non-hydrogen) atoms. The van der Waals surface area contributed by atoms with Gasteiger partial charge in [0.25, 0.3) is 0 Å². The predicted molar refractivity (Wildman–Crippen MR) is 92.1 cm³/mol. The normalized spacial score (nSPS) is 23.5. The molecule has 2 amide bonds. The number of H-pyrrole nitrogens is 1. The summed E-state index contributed by atoms with van der Waals surface area (Å²) in [6.45, 7) is 0.820. The highest BCUT2D eigenvalue weighted by Gasteiger charge is 2.48. The van der Waals surface area contributed by atoms with Crippen LogP contribution in [0.2, 0.25) is 0 Å². The van der Waals surface area contributed by atoms with Gasteiger partial charge < -0.3 is 5.32 Å². The summed E-state index contributed by atoms with van der Waals surface area (Å²) in [5.74, 6) is 0. The molecule has 2 aromatic rings. The molecular formula is C19H22N4O. The number of para-hydroxylation sites is 1.